The average Bonchev–Trinajstić information content (AvgIpc) is 2.48. The highest BCUT2D eigenvalue weighted by atomic mass is 16.3. The fourth-order valence-electron chi connectivity index (χ4n) is 4.11. The maximum Gasteiger partial charge on any atom is 0.0740 e. The van der Waals surface area contributed by atoms with Crippen molar-refractivity contribution >= 4 is 0 Å². The summed E-state index contributed by atoms with van der Waals surface area (Å²) in [6.45, 7) is 4.42. The van der Waals surface area contributed by atoms with Gasteiger partial charge in [-0.25, -0.2) is 0 Å². The van der Waals surface area contributed by atoms with Crippen LogP contribution in [-0.2, 0) is 0 Å². The minimum Gasteiger partial charge on any atom is -0.389 e. The van der Waals surface area contributed by atoms with E-state index in [4.69, 9.17) is 0 Å². The number of rotatable bonds is 2. The molecule has 19 heavy (non-hydrogen) atoms. The molecule has 0 unspecified atom stereocenters. The maximum absolute atomic E-state index is 11.1. The van der Waals surface area contributed by atoms with Crippen molar-refractivity contribution in [3.05, 3.63) is 35.9 Å². The molecule has 2 nitrogen and oxygen atoms in total. The highest BCUT2D eigenvalue weighted by molar-refractivity contribution is 5.26. The highest BCUT2D eigenvalue weighted by Gasteiger charge is 2.47. The molecule has 0 aromatic heterocycles. The molecule has 0 aliphatic carbocycles. The van der Waals surface area contributed by atoms with Crippen molar-refractivity contribution in [2.24, 2.45) is 0 Å². The van der Waals surface area contributed by atoms with Crippen molar-refractivity contribution in [3.63, 3.8) is 0 Å². The van der Waals surface area contributed by atoms with Gasteiger partial charge in [-0.05, 0) is 37.8 Å². The lowest BCUT2D eigenvalue weighted by molar-refractivity contribution is -0.0801. The van der Waals surface area contributed by atoms with E-state index in [0.29, 0.717) is 6.04 Å². The lowest BCUT2D eigenvalue weighted by Gasteiger charge is -2.52. The summed E-state index contributed by atoms with van der Waals surface area (Å²) in [5, 5.41) is 11.1. The molecular formula is C17H25NO. The molecule has 0 radical (unpaired) electrons. The normalized spacial score (nSPS) is 35.9. The van der Waals surface area contributed by atoms with Crippen molar-refractivity contribution in [3.8, 4) is 0 Å². The van der Waals surface area contributed by atoms with E-state index in [1.165, 1.54) is 31.4 Å². The molecule has 2 aliphatic rings. The summed E-state index contributed by atoms with van der Waals surface area (Å²) in [6, 6.07) is 11.2. The standard InChI is InChI=1S/C17H25NO/c1-2-17(19)11-13-18-12-7-6-10-15(18)16(17)14-8-4-3-5-9-14/h3-5,8-9,15-16,19H,2,6-7,10-13H2,1H3/t15-,16-,17-/m1/s1. The monoisotopic (exact) mass is 259 g/mol. The minimum absolute atomic E-state index is 0.285. The van der Waals surface area contributed by atoms with Gasteiger partial charge in [0.25, 0.3) is 0 Å². The Morgan fingerprint density at radius 1 is 1.21 bits per heavy atom. The van der Waals surface area contributed by atoms with E-state index in [0.717, 1.165) is 19.4 Å². The number of benzene rings is 1. The molecule has 0 bridgehead atoms. The fourth-order valence-corrected chi connectivity index (χ4v) is 4.11. The maximum atomic E-state index is 11.1. The Morgan fingerprint density at radius 3 is 2.74 bits per heavy atom. The molecule has 1 N–H and O–H groups in total. The molecule has 1 aromatic carbocycles. The van der Waals surface area contributed by atoms with Crippen LogP contribution in [0.25, 0.3) is 0 Å². The number of piperidine rings is 2. The van der Waals surface area contributed by atoms with Crippen LogP contribution in [0.3, 0.4) is 0 Å². The summed E-state index contributed by atoms with van der Waals surface area (Å²) in [5.74, 6) is 0.285. The Labute approximate surface area is 116 Å². The average molecular weight is 259 g/mol. The third-order valence-corrected chi connectivity index (χ3v) is 5.23. The van der Waals surface area contributed by atoms with Crippen LogP contribution in [0.1, 0.15) is 50.5 Å². The first-order valence-corrected chi connectivity index (χ1v) is 7.76. The fraction of sp³-hybridized carbons (Fsp3) is 0.647. The molecule has 0 spiro atoms. The first kappa shape index (κ1) is 13.1. The van der Waals surface area contributed by atoms with Crippen LogP contribution in [-0.4, -0.2) is 34.7 Å². The Kier molecular flexibility index (Phi) is 3.64. The van der Waals surface area contributed by atoms with E-state index >= 15 is 0 Å². The van der Waals surface area contributed by atoms with Crippen LogP contribution in [0.2, 0.25) is 0 Å². The zero-order valence-corrected chi connectivity index (χ0v) is 11.9. The summed E-state index contributed by atoms with van der Waals surface area (Å²) in [6.07, 6.45) is 5.64. The van der Waals surface area contributed by atoms with Gasteiger partial charge in [-0.1, -0.05) is 43.7 Å². The number of hydrogen-bond donors (Lipinski definition) is 1. The number of nitrogens with zero attached hydrogens (tertiary/aromatic N) is 1. The molecular weight excluding hydrogens is 234 g/mol. The molecule has 3 atom stereocenters. The van der Waals surface area contributed by atoms with Crippen LogP contribution in [0.5, 0.6) is 0 Å². The van der Waals surface area contributed by atoms with Gasteiger partial charge in [-0.2, -0.15) is 0 Å². The highest BCUT2D eigenvalue weighted by Crippen LogP contribution is 2.45. The molecule has 1 aromatic rings. The summed E-state index contributed by atoms with van der Waals surface area (Å²) in [4.78, 5) is 2.62. The number of hydrogen-bond acceptors (Lipinski definition) is 2. The second-order valence-electron chi connectivity index (χ2n) is 6.19. The Balaban J connectivity index is 1.97. The van der Waals surface area contributed by atoms with Crippen molar-refractivity contribution in [2.75, 3.05) is 13.1 Å². The predicted octanol–water partition coefficient (Wildman–Crippen LogP) is 3.17. The Morgan fingerprint density at radius 2 is 2.00 bits per heavy atom. The van der Waals surface area contributed by atoms with Gasteiger partial charge in [0.2, 0.25) is 0 Å². The van der Waals surface area contributed by atoms with Gasteiger partial charge in [0.05, 0.1) is 5.60 Å². The van der Waals surface area contributed by atoms with Gasteiger partial charge in [-0.3, -0.25) is 4.90 Å². The van der Waals surface area contributed by atoms with Gasteiger partial charge in [0.15, 0.2) is 0 Å². The van der Waals surface area contributed by atoms with E-state index in [1.54, 1.807) is 0 Å². The summed E-state index contributed by atoms with van der Waals surface area (Å²) in [7, 11) is 0. The molecule has 2 heteroatoms. The van der Waals surface area contributed by atoms with Gasteiger partial charge in [-0.15, -0.1) is 0 Å². The molecule has 3 rings (SSSR count). The van der Waals surface area contributed by atoms with E-state index in [1.807, 2.05) is 0 Å². The van der Waals surface area contributed by atoms with Crippen LogP contribution in [0.15, 0.2) is 30.3 Å². The largest absolute Gasteiger partial charge is 0.389 e. The van der Waals surface area contributed by atoms with E-state index < -0.39 is 5.60 Å². The topological polar surface area (TPSA) is 23.5 Å². The van der Waals surface area contributed by atoms with E-state index in [-0.39, 0.29) is 5.92 Å². The van der Waals surface area contributed by atoms with Crippen molar-refractivity contribution < 1.29 is 5.11 Å². The first-order valence-electron chi connectivity index (χ1n) is 7.76. The van der Waals surface area contributed by atoms with Crippen LogP contribution < -0.4 is 0 Å². The third kappa shape index (κ3) is 2.32. The predicted molar refractivity (Wildman–Crippen MR) is 78.3 cm³/mol. The van der Waals surface area contributed by atoms with Crippen molar-refractivity contribution in [1.82, 2.24) is 4.90 Å². The second kappa shape index (κ2) is 5.26. The lowest BCUT2D eigenvalue weighted by Crippen LogP contribution is -2.57. The van der Waals surface area contributed by atoms with Gasteiger partial charge in [0.1, 0.15) is 0 Å². The van der Waals surface area contributed by atoms with E-state index in [9.17, 15) is 5.11 Å². The summed E-state index contributed by atoms with van der Waals surface area (Å²) < 4.78 is 0. The van der Waals surface area contributed by atoms with Crippen molar-refractivity contribution in [1.29, 1.82) is 0 Å². The Bertz CT molecular complexity index is 419. The van der Waals surface area contributed by atoms with Crippen LogP contribution in [0, 0.1) is 0 Å². The summed E-state index contributed by atoms with van der Waals surface area (Å²) in [5.41, 5.74) is 0.809. The SMILES string of the molecule is CC[C@@]1(O)CCN2CCCC[C@@H]2[C@H]1c1ccccc1. The third-order valence-electron chi connectivity index (χ3n) is 5.23. The zero-order valence-electron chi connectivity index (χ0n) is 11.9. The molecule has 2 saturated heterocycles. The van der Waals surface area contributed by atoms with Gasteiger partial charge in [0, 0.05) is 18.5 Å². The van der Waals surface area contributed by atoms with Crippen LogP contribution >= 0.6 is 0 Å². The summed E-state index contributed by atoms with van der Waals surface area (Å²) >= 11 is 0. The number of aliphatic hydroxyl groups is 1. The molecule has 2 heterocycles. The second-order valence-corrected chi connectivity index (χ2v) is 6.19. The van der Waals surface area contributed by atoms with Crippen LogP contribution in [0.4, 0.5) is 0 Å². The zero-order chi connectivity index (χ0) is 13.3. The lowest BCUT2D eigenvalue weighted by atomic mass is 9.68. The molecule has 0 saturated carbocycles. The van der Waals surface area contributed by atoms with Crippen molar-refractivity contribution in [2.45, 2.75) is 56.6 Å². The van der Waals surface area contributed by atoms with Gasteiger partial charge >= 0.3 is 0 Å². The molecule has 0 amide bonds. The molecule has 2 fully saturated rings. The quantitative estimate of drug-likeness (QED) is 0.882. The number of fused-ring (bicyclic) bond motifs is 1. The van der Waals surface area contributed by atoms with Gasteiger partial charge < -0.3 is 5.11 Å². The molecule has 104 valence electrons. The Hall–Kier alpha value is -0.860. The molecule has 2 aliphatic heterocycles. The first-order chi connectivity index (χ1) is 9.24. The van der Waals surface area contributed by atoms with E-state index in [2.05, 4.69) is 42.2 Å². The minimum atomic E-state index is -0.514. The smallest absolute Gasteiger partial charge is 0.0740 e.